The number of carbonyl (C=O) groups is 1. The maximum absolute atomic E-state index is 11.1. The zero-order chi connectivity index (χ0) is 12.9. The fourth-order valence-corrected chi connectivity index (χ4v) is 2.27. The first-order valence-corrected chi connectivity index (χ1v) is 9.56. The van der Waals surface area contributed by atoms with Gasteiger partial charge in [0, 0.05) is 6.54 Å². The highest BCUT2D eigenvalue weighted by atomic mass is 28.3. The minimum Gasteiger partial charge on any atom is -0.308 e. The summed E-state index contributed by atoms with van der Waals surface area (Å²) in [7, 11) is -1.40. The predicted molar refractivity (Wildman–Crippen MR) is 75.0 cm³/mol. The summed E-state index contributed by atoms with van der Waals surface area (Å²) in [5, 5.41) is 0. The van der Waals surface area contributed by atoms with E-state index in [9.17, 15) is 4.79 Å². The molecule has 0 saturated carbocycles. The summed E-state index contributed by atoms with van der Waals surface area (Å²) in [6.45, 7) is 11.2. The summed E-state index contributed by atoms with van der Waals surface area (Å²) in [5.74, 6) is 3.24. The van der Waals surface area contributed by atoms with Gasteiger partial charge < -0.3 is 4.90 Å². The Balaban J connectivity index is 3.09. The largest absolute Gasteiger partial charge is 0.308 e. The van der Waals surface area contributed by atoms with Crippen molar-refractivity contribution in [1.29, 1.82) is 0 Å². The maximum atomic E-state index is 11.1. The van der Waals surface area contributed by atoms with Gasteiger partial charge >= 0.3 is 0 Å². The van der Waals surface area contributed by atoms with E-state index in [4.69, 9.17) is 0 Å². The van der Waals surface area contributed by atoms with Gasteiger partial charge in [-0.05, 0) is 24.8 Å². The fraction of sp³-hybridized carbons (Fsp3) is 0.500. The third kappa shape index (κ3) is 4.24. The van der Waals surface area contributed by atoms with Crippen LogP contribution in [-0.4, -0.2) is 25.9 Å². The second-order valence-electron chi connectivity index (χ2n) is 5.35. The minimum absolute atomic E-state index is 0.792. The van der Waals surface area contributed by atoms with E-state index >= 15 is 0 Å². The number of allylic oxidation sites excluding steroid dienone is 3. The molecule has 1 heterocycles. The summed E-state index contributed by atoms with van der Waals surface area (Å²) in [4.78, 5) is 12.8. The van der Waals surface area contributed by atoms with Crippen molar-refractivity contribution in [2.75, 3.05) is 6.54 Å². The monoisotopic (exact) mass is 247 g/mol. The Morgan fingerprint density at radius 1 is 1.47 bits per heavy atom. The molecule has 0 spiro atoms. The lowest BCUT2D eigenvalue weighted by Gasteiger charge is -2.26. The third-order valence-corrected chi connectivity index (χ3v) is 3.45. The molecule has 2 nitrogen and oxygen atoms in total. The summed E-state index contributed by atoms with van der Waals surface area (Å²) in [6.07, 6.45) is 5.68. The number of amides is 1. The van der Waals surface area contributed by atoms with E-state index in [-0.39, 0.29) is 0 Å². The van der Waals surface area contributed by atoms with E-state index in [1.54, 1.807) is 4.90 Å². The molecule has 0 aromatic heterocycles. The van der Waals surface area contributed by atoms with E-state index in [0.29, 0.717) is 0 Å². The van der Waals surface area contributed by atoms with Crippen molar-refractivity contribution < 1.29 is 4.79 Å². The van der Waals surface area contributed by atoms with Gasteiger partial charge in [0.25, 0.3) is 0 Å². The van der Waals surface area contributed by atoms with Gasteiger partial charge in [0.2, 0.25) is 6.41 Å². The number of hydrogen-bond acceptors (Lipinski definition) is 1. The molecule has 0 aromatic carbocycles. The summed E-state index contributed by atoms with van der Waals surface area (Å²) < 4.78 is 0. The van der Waals surface area contributed by atoms with Crippen LogP contribution in [0.1, 0.15) is 19.3 Å². The van der Waals surface area contributed by atoms with Crippen LogP contribution in [0.15, 0.2) is 23.9 Å². The van der Waals surface area contributed by atoms with E-state index in [1.807, 2.05) is 6.08 Å². The summed E-state index contributed by atoms with van der Waals surface area (Å²) >= 11 is 0. The van der Waals surface area contributed by atoms with Crippen molar-refractivity contribution in [3.63, 3.8) is 0 Å². The minimum atomic E-state index is -1.40. The lowest BCUT2D eigenvalue weighted by atomic mass is 10.00. The van der Waals surface area contributed by atoms with Crippen LogP contribution in [0.25, 0.3) is 0 Å². The van der Waals surface area contributed by atoms with Crippen LogP contribution in [0.4, 0.5) is 0 Å². The van der Waals surface area contributed by atoms with Crippen molar-refractivity contribution in [2.24, 2.45) is 0 Å². The van der Waals surface area contributed by atoms with Gasteiger partial charge in [0.05, 0.1) is 5.70 Å². The van der Waals surface area contributed by atoms with E-state index < -0.39 is 8.07 Å². The van der Waals surface area contributed by atoms with Gasteiger partial charge in [-0.2, -0.15) is 0 Å². The second-order valence-corrected chi connectivity index (χ2v) is 10.1. The molecule has 0 atom stereocenters. The van der Waals surface area contributed by atoms with Crippen molar-refractivity contribution in [3.8, 4) is 11.5 Å². The highest BCUT2D eigenvalue weighted by molar-refractivity contribution is 6.83. The Labute approximate surface area is 105 Å². The van der Waals surface area contributed by atoms with E-state index in [1.165, 1.54) is 5.57 Å². The summed E-state index contributed by atoms with van der Waals surface area (Å²) in [5.41, 5.74) is 5.52. The molecule has 0 bridgehead atoms. The predicted octanol–water partition coefficient (Wildman–Crippen LogP) is 2.95. The number of hydrogen-bond donors (Lipinski definition) is 0. The molecule has 0 N–H and O–H groups in total. The van der Waals surface area contributed by atoms with Crippen LogP contribution in [0.3, 0.4) is 0 Å². The number of rotatable bonds is 3. The Bertz CT molecular complexity index is 393. The van der Waals surface area contributed by atoms with Crippen LogP contribution in [0.5, 0.6) is 0 Å². The molecule has 0 unspecified atom stereocenters. The van der Waals surface area contributed by atoms with Gasteiger partial charge in [0.15, 0.2) is 0 Å². The molecule has 1 aliphatic rings. The Morgan fingerprint density at radius 3 is 2.71 bits per heavy atom. The Hall–Kier alpha value is -1.27. The van der Waals surface area contributed by atoms with Crippen LogP contribution in [-0.2, 0) is 4.79 Å². The molecule has 92 valence electrons. The fourth-order valence-electron chi connectivity index (χ4n) is 1.78. The molecule has 0 radical (unpaired) electrons. The van der Waals surface area contributed by atoms with Crippen LogP contribution >= 0.6 is 0 Å². The van der Waals surface area contributed by atoms with Gasteiger partial charge in [-0.3, -0.25) is 4.79 Å². The van der Waals surface area contributed by atoms with Crippen LogP contribution in [0.2, 0.25) is 19.6 Å². The van der Waals surface area contributed by atoms with Gasteiger partial charge in [-0.15, -0.1) is 12.1 Å². The standard InChI is InChI=1S/C14H21NOSi/c1-5-7-13-8-6-10-15(12-16)14(13)9-11-17(2,3)4/h5,12H,1,6-8,10H2,2-4H3. The molecular weight excluding hydrogens is 226 g/mol. The first-order chi connectivity index (χ1) is 7.98. The summed E-state index contributed by atoms with van der Waals surface area (Å²) in [6, 6.07) is 0. The third-order valence-electron chi connectivity index (χ3n) is 2.57. The number of carbonyl (C=O) groups excluding carboxylic acids is 1. The molecule has 1 aliphatic heterocycles. The topological polar surface area (TPSA) is 20.3 Å². The Kier molecular flexibility index (Phi) is 4.77. The molecule has 1 amide bonds. The Morgan fingerprint density at radius 2 is 2.18 bits per heavy atom. The SMILES string of the molecule is C=CCC1=C(C#C[Si](C)(C)C)N(C=O)CCC1. The normalized spacial score (nSPS) is 16.3. The van der Waals surface area contributed by atoms with Crippen molar-refractivity contribution in [3.05, 3.63) is 23.9 Å². The average Bonchev–Trinajstić information content (AvgIpc) is 2.26. The molecule has 1 rings (SSSR count). The first-order valence-electron chi connectivity index (χ1n) is 6.06. The highest BCUT2D eigenvalue weighted by Crippen LogP contribution is 2.23. The van der Waals surface area contributed by atoms with Gasteiger partial charge in [0.1, 0.15) is 8.07 Å². The zero-order valence-corrected chi connectivity index (χ0v) is 12.0. The van der Waals surface area contributed by atoms with Crippen molar-refractivity contribution in [1.82, 2.24) is 4.90 Å². The lowest BCUT2D eigenvalue weighted by Crippen LogP contribution is -2.27. The molecule has 0 saturated heterocycles. The molecule has 0 aromatic rings. The van der Waals surface area contributed by atoms with Gasteiger partial charge in [-0.25, -0.2) is 0 Å². The smallest absolute Gasteiger partial charge is 0.214 e. The molecule has 0 aliphatic carbocycles. The zero-order valence-electron chi connectivity index (χ0n) is 11.0. The van der Waals surface area contributed by atoms with Crippen molar-refractivity contribution in [2.45, 2.75) is 38.9 Å². The quantitative estimate of drug-likeness (QED) is 0.325. The average molecular weight is 247 g/mol. The van der Waals surface area contributed by atoms with E-state index in [0.717, 1.165) is 37.9 Å². The first kappa shape index (κ1) is 13.8. The second kappa shape index (κ2) is 5.88. The molecular formula is C14H21NOSi. The van der Waals surface area contributed by atoms with Crippen LogP contribution < -0.4 is 0 Å². The van der Waals surface area contributed by atoms with E-state index in [2.05, 4.69) is 37.7 Å². The lowest BCUT2D eigenvalue weighted by molar-refractivity contribution is -0.116. The van der Waals surface area contributed by atoms with Crippen LogP contribution in [0, 0.1) is 11.5 Å². The molecule has 3 heteroatoms. The highest BCUT2D eigenvalue weighted by Gasteiger charge is 2.18. The number of nitrogens with zero attached hydrogens (tertiary/aromatic N) is 1. The molecule has 0 fully saturated rings. The molecule has 17 heavy (non-hydrogen) atoms. The maximum Gasteiger partial charge on any atom is 0.214 e. The van der Waals surface area contributed by atoms with Gasteiger partial charge in [-0.1, -0.05) is 31.6 Å². The van der Waals surface area contributed by atoms with Crippen molar-refractivity contribution >= 4 is 14.5 Å².